The second-order valence-electron chi connectivity index (χ2n) is 5.88. The van der Waals surface area contributed by atoms with Gasteiger partial charge in [-0.05, 0) is 45.4 Å². The fourth-order valence-corrected chi connectivity index (χ4v) is 2.17. The first-order valence-electron chi connectivity index (χ1n) is 6.50. The summed E-state index contributed by atoms with van der Waals surface area (Å²) in [4.78, 5) is 13.5. The van der Waals surface area contributed by atoms with Crippen molar-refractivity contribution in [3.63, 3.8) is 0 Å². The van der Waals surface area contributed by atoms with Gasteiger partial charge in [0.15, 0.2) is 0 Å². The molecule has 1 aromatic rings. The van der Waals surface area contributed by atoms with Crippen LogP contribution >= 0.6 is 0 Å². The first-order chi connectivity index (χ1) is 9.42. The first-order valence-corrected chi connectivity index (χ1v) is 8.05. The van der Waals surface area contributed by atoms with E-state index in [2.05, 4.69) is 0 Å². The molecule has 0 saturated heterocycles. The lowest BCUT2D eigenvalue weighted by molar-refractivity contribution is 0.0234. The molecule has 1 atom stereocenters. The van der Waals surface area contributed by atoms with Gasteiger partial charge in [-0.3, -0.25) is 0 Å². The molecular weight excluding hydrogens is 292 g/mol. The van der Waals surface area contributed by atoms with Gasteiger partial charge in [0.05, 0.1) is 10.9 Å². The number of amides is 1. The van der Waals surface area contributed by atoms with Crippen molar-refractivity contribution in [2.24, 2.45) is 5.14 Å². The van der Waals surface area contributed by atoms with E-state index in [1.807, 2.05) is 6.92 Å². The van der Waals surface area contributed by atoms with Crippen molar-refractivity contribution < 1.29 is 17.9 Å². The number of nitrogens with zero attached hydrogens (tertiary/aromatic N) is 1. The molecule has 6 nitrogen and oxygen atoms in total. The Morgan fingerprint density at radius 2 is 1.71 bits per heavy atom. The van der Waals surface area contributed by atoms with Crippen LogP contribution in [0.1, 0.15) is 39.3 Å². The van der Waals surface area contributed by atoms with Crippen LogP contribution < -0.4 is 5.14 Å². The Bertz CT molecular complexity index is 603. The minimum atomic E-state index is -3.71. The van der Waals surface area contributed by atoms with Crippen molar-refractivity contribution in [2.45, 2.75) is 44.2 Å². The Morgan fingerprint density at radius 1 is 1.24 bits per heavy atom. The summed E-state index contributed by atoms with van der Waals surface area (Å²) < 4.78 is 27.7. The summed E-state index contributed by atoms with van der Waals surface area (Å²) in [6.07, 6.45) is -0.439. The number of carbonyl (C=O) groups is 1. The third-order valence-corrected chi connectivity index (χ3v) is 3.88. The van der Waals surface area contributed by atoms with Crippen LogP contribution in [-0.4, -0.2) is 32.1 Å². The van der Waals surface area contributed by atoms with Gasteiger partial charge in [0, 0.05) is 7.05 Å². The van der Waals surface area contributed by atoms with Crippen LogP contribution in [0.5, 0.6) is 0 Å². The quantitative estimate of drug-likeness (QED) is 0.926. The van der Waals surface area contributed by atoms with Gasteiger partial charge in [0.25, 0.3) is 0 Å². The number of primary sulfonamides is 1. The van der Waals surface area contributed by atoms with Crippen molar-refractivity contribution in [3.8, 4) is 0 Å². The summed E-state index contributed by atoms with van der Waals surface area (Å²) in [7, 11) is -2.08. The van der Waals surface area contributed by atoms with Gasteiger partial charge in [0.1, 0.15) is 5.60 Å². The van der Waals surface area contributed by atoms with Gasteiger partial charge in [0.2, 0.25) is 10.0 Å². The van der Waals surface area contributed by atoms with Crippen molar-refractivity contribution in [1.82, 2.24) is 4.90 Å². The normalized spacial score (nSPS) is 13.6. The standard InChI is InChI=1S/C14H22N2O4S/c1-10(16(5)13(17)20-14(2,3)4)11-6-8-12(9-7-11)21(15,18)19/h6-10H,1-5H3,(H2,15,18,19)/t10-/m0/s1. The van der Waals surface area contributed by atoms with Gasteiger partial charge >= 0.3 is 6.09 Å². The van der Waals surface area contributed by atoms with E-state index in [0.29, 0.717) is 0 Å². The minimum absolute atomic E-state index is 0.0402. The van der Waals surface area contributed by atoms with Gasteiger partial charge in [-0.15, -0.1) is 0 Å². The summed E-state index contributed by atoms with van der Waals surface area (Å²) in [5.41, 5.74) is 0.221. The van der Waals surface area contributed by atoms with Crippen molar-refractivity contribution in [3.05, 3.63) is 29.8 Å². The Balaban J connectivity index is 2.88. The van der Waals surface area contributed by atoms with E-state index in [4.69, 9.17) is 9.88 Å². The molecule has 0 aliphatic carbocycles. The molecule has 2 N–H and O–H groups in total. The average Bonchev–Trinajstić information content (AvgIpc) is 2.34. The number of hydrogen-bond donors (Lipinski definition) is 1. The lowest BCUT2D eigenvalue weighted by atomic mass is 10.1. The zero-order chi connectivity index (χ0) is 16.4. The molecule has 7 heteroatoms. The second-order valence-corrected chi connectivity index (χ2v) is 7.44. The Morgan fingerprint density at radius 3 is 2.10 bits per heavy atom. The van der Waals surface area contributed by atoms with Gasteiger partial charge in [-0.2, -0.15) is 0 Å². The summed E-state index contributed by atoms with van der Waals surface area (Å²) in [5, 5.41) is 5.05. The smallest absolute Gasteiger partial charge is 0.410 e. The van der Waals surface area contributed by atoms with Gasteiger partial charge in [-0.1, -0.05) is 12.1 Å². The Kier molecular flexibility index (Phi) is 5.01. The van der Waals surface area contributed by atoms with Crippen LogP contribution in [0, 0.1) is 0 Å². The Labute approximate surface area is 125 Å². The van der Waals surface area contributed by atoms with Crippen molar-refractivity contribution >= 4 is 16.1 Å². The third-order valence-electron chi connectivity index (χ3n) is 2.95. The number of nitrogens with two attached hydrogens (primary N) is 1. The van der Waals surface area contributed by atoms with E-state index in [1.54, 1.807) is 40.0 Å². The van der Waals surface area contributed by atoms with E-state index >= 15 is 0 Å². The van der Waals surface area contributed by atoms with Crippen LogP contribution in [0.2, 0.25) is 0 Å². The lowest BCUT2D eigenvalue weighted by Gasteiger charge is -2.29. The summed E-state index contributed by atoms with van der Waals surface area (Å²) in [6, 6.07) is 5.85. The zero-order valence-electron chi connectivity index (χ0n) is 13.0. The molecule has 1 aromatic carbocycles. The number of hydrogen-bond acceptors (Lipinski definition) is 4. The molecule has 118 valence electrons. The molecule has 0 aromatic heterocycles. The fourth-order valence-electron chi connectivity index (χ4n) is 1.65. The second kappa shape index (κ2) is 6.03. The zero-order valence-corrected chi connectivity index (χ0v) is 13.8. The maximum atomic E-state index is 12.0. The number of rotatable bonds is 3. The molecule has 0 heterocycles. The molecule has 0 spiro atoms. The molecule has 0 radical (unpaired) electrons. The molecule has 21 heavy (non-hydrogen) atoms. The van der Waals surface area contributed by atoms with E-state index < -0.39 is 21.7 Å². The largest absolute Gasteiger partial charge is 0.444 e. The predicted octanol–water partition coefficient (Wildman–Crippen LogP) is 2.26. The van der Waals surface area contributed by atoms with Gasteiger partial charge < -0.3 is 9.64 Å². The molecule has 0 aliphatic rings. The SMILES string of the molecule is C[C@@H](c1ccc(S(N)(=O)=O)cc1)N(C)C(=O)OC(C)(C)C. The van der Waals surface area contributed by atoms with Gasteiger partial charge in [-0.25, -0.2) is 18.4 Å². The maximum absolute atomic E-state index is 12.0. The average molecular weight is 314 g/mol. The first kappa shape index (κ1) is 17.5. The number of sulfonamides is 1. The topological polar surface area (TPSA) is 89.7 Å². The number of ether oxygens (including phenoxy) is 1. The fraction of sp³-hybridized carbons (Fsp3) is 0.500. The summed E-state index contributed by atoms with van der Waals surface area (Å²) in [6.45, 7) is 7.22. The maximum Gasteiger partial charge on any atom is 0.410 e. The van der Waals surface area contributed by atoms with Crippen LogP contribution in [0.25, 0.3) is 0 Å². The van der Waals surface area contributed by atoms with E-state index in [0.717, 1.165) is 5.56 Å². The predicted molar refractivity (Wildman–Crippen MR) is 80.2 cm³/mol. The highest BCUT2D eigenvalue weighted by Gasteiger charge is 2.23. The molecule has 1 rings (SSSR count). The lowest BCUT2D eigenvalue weighted by Crippen LogP contribution is -2.35. The van der Waals surface area contributed by atoms with Crippen LogP contribution in [0.4, 0.5) is 4.79 Å². The summed E-state index contributed by atoms with van der Waals surface area (Å²) >= 11 is 0. The third kappa shape index (κ3) is 5.02. The van der Waals surface area contributed by atoms with E-state index in [1.165, 1.54) is 17.0 Å². The highest BCUT2D eigenvalue weighted by atomic mass is 32.2. The highest BCUT2D eigenvalue weighted by Crippen LogP contribution is 2.22. The molecule has 1 amide bonds. The molecule has 0 unspecified atom stereocenters. The summed E-state index contributed by atoms with van der Waals surface area (Å²) in [5.74, 6) is 0. The molecule has 0 saturated carbocycles. The monoisotopic (exact) mass is 314 g/mol. The highest BCUT2D eigenvalue weighted by molar-refractivity contribution is 7.89. The van der Waals surface area contributed by atoms with Crippen LogP contribution in [-0.2, 0) is 14.8 Å². The van der Waals surface area contributed by atoms with Crippen molar-refractivity contribution in [2.75, 3.05) is 7.05 Å². The minimum Gasteiger partial charge on any atom is -0.444 e. The molecular formula is C14H22N2O4S. The van der Waals surface area contributed by atoms with E-state index in [-0.39, 0.29) is 10.9 Å². The molecule has 0 fully saturated rings. The number of benzene rings is 1. The van der Waals surface area contributed by atoms with Crippen molar-refractivity contribution in [1.29, 1.82) is 0 Å². The number of carbonyl (C=O) groups excluding carboxylic acids is 1. The van der Waals surface area contributed by atoms with E-state index in [9.17, 15) is 13.2 Å². The Hall–Kier alpha value is -1.60. The van der Waals surface area contributed by atoms with Crippen LogP contribution in [0.15, 0.2) is 29.2 Å². The van der Waals surface area contributed by atoms with Crippen LogP contribution in [0.3, 0.4) is 0 Å². The molecule has 0 aliphatic heterocycles. The molecule has 0 bridgehead atoms.